The van der Waals surface area contributed by atoms with Gasteiger partial charge in [0.05, 0.1) is 17.0 Å². The molecule has 49 heavy (non-hydrogen) atoms. The molecule has 0 aliphatic rings. The second-order valence-electron chi connectivity index (χ2n) is 10.6. The number of carbonyl (C=O) groups excluding carboxylic acids is 3. The maximum atomic E-state index is 13.5. The van der Waals surface area contributed by atoms with E-state index in [1.165, 1.54) is 18.2 Å². The van der Waals surface area contributed by atoms with Gasteiger partial charge in [0.15, 0.2) is 0 Å². The highest BCUT2D eigenvalue weighted by molar-refractivity contribution is 8.00. The number of rotatable bonds is 12. The zero-order chi connectivity index (χ0) is 34.6. The number of hydrogen-bond donors (Lipinski definition) is 3. The first kappa shape index (κ1) is 34.5. The molecule has 7 nitrogen and oxygen atoms in total. The van der Waals surface area contributed by atoms with E-state index in [2.05, 4.69) is 16.0 Å². The van der Waals surface area contributed by atoms with E-state index in [0.29, 0.717) is 34.1 Å². The van der Waals surface area contributed by atoms with Crippen LogP contribution in [-0.4, -0.2) is 23.5 Å². The van der Waals surface area contributed by atoms with E-state index in [9.17, 15) is 27.6 Å². The van der Waals surface area contributed by atoms with Gasteiger partial charge in [0.2, 0.25) is 5.91 Å². The number of carbonyl (C=O) groups is 3. The minimum absolute atomic E-state index is 0.0208. The number of halogens is 3. The molecule has 0 radical (unpaired) electrons. The molecule has 0 atom stereocenters. The topological polar surface area (TPSA) is 96.5 Å². The Labute approximate surface area is 285 Å². The standard InChI is InChI=1S/C38H30F3N3O4S/c39-38(40,41)32-16-7-8-17-33(32)43-35(45)25-49-31-15-9-14-29(23-31)42-37(47)34(44-36(46)28-12-5-2-6-13-28)22-26-18-20-30(21-19-26)48-24-27-10-3-1-4-11-27/h1-23H,24-25H2,(H,42,47)(H,43,45)(H,44,46)/b34-22+. The van der Waals surface area contributed by atoms with E-state index in [1.54, 1.807) is 84.9 Å². The minimum atomic E-state index is -4.61. The molecule has 3 N–H and O–H groups in total. The predicted molar refractivity (Wildman–Crippen MR) is 185 cm³/mol. The fourth-order valence-electron chi connectivity index (χ4n) is 4.55. The van der Waals surface area contributed by atoms with Gasteiger partial charge in [0.1, 0.15) is 18.1 Å². The third kappa shape index (κ3) is 10.3. The summed E-state index contributed by atoms with van der Waals surface area (Å²) in [6.07, 6.45) is -3.07. The van der Waals surface area contributed by atoms with Crippen LogP contribution in [0.3, 0.4) is 0 Å². The van der Waals surface area contributed by atoms with E-state index in [0.717, 1.165) is 23.4 Å². The van der Waals surface area contributed by atoms with E-state index in [4.69, 9.17) is 4.74 Å². The van der Waals surface area contributed by atoms with E-state index < -0.39 is 29.5 Å². The van der Waals surface area contributed by atoms with Gasteiger partial charge in [-0.3, -0.25) is 14.4 Å². The Morgan fingerprint density at radius 2 is 1.41 bits per heavy atom. The zero-order valence-corrected chi connectivity index (χ0v) is 26.7. The number of ether oxygens (including phenoxy) is 1. The Balaban J connectivity index is 1.26. The van der Waals surface area contributed by atoms with Gasteiger partial charge in [-0.1, -0.05) is 78.9 Å². The third-order valence-electron chi connectivity index (χ3n) is 6.94. The smallest absolute Gasteiger partial charge is 0.418 e. The number of alkyl halides is 3. The second kappa shape index (κ2) is 16.3. The molecule has 0 aliphatic carbocycles. The zero-order valence-electron chi connectivity index (χ0n) is 25.9. The number of nitrogens with one attached hydrogen (secondary N) is 3. The molecular formula is C38H30F3N3O4S. The van der Waals surface area contributed by atoms with Crippen LogP contribution in [0.5, 0.6) is 5.75 Å². The lowest BCUT2D eigenvalue weighted by Crippen LogP contribution is -2.30. The van der Waals surface area contributed by atoms with Crippen LogP contribution < -0.4 is 20.7 Å². The van der Waals surface area contributed by atoms with Crippen molar-refractivity contribution in [3.8, 4) is 5.75 Å². The number of hydrogen-bond acceptors (Lipinski definition) is 5. The maximum absolute atomic E-state index is 13.5. The van der Waals surface area contributed by atoms with Crippen molar-refractivity contribution < 1.29 is 32.3 Å². The van der Waals surface area contributed by atoms with Gasteiger partial charge in [-0.25, -0.2) is 0 Å². The molecule has 0 spiro atoms. The van der Waals surface area contributed by atoms with Crippen LogP contribution in [0, 0.1) is 0 Å². The first-order valence-corrected chi connectivity index (χ1v) is 16.0. The van der Waals surface area contributed by atoms with Crippen molar-refractivity contribution in [1.29, 1.82) is 0 Å². The van der Waals surface area contributed by atoms with Gasteiger partial charge in [-0.05, 0) is 71.8 Å². The predicted octanol–water partition coefficient (Wildman–Crippen LogP) is 8.42. The van der Waals surface area contributed by atoms with Crippen LogP contribution >= 0.6 is 11.8 Å². The molecule has 0 aromatic heterocycles. The van der Waals surface area contributed by atoms with Crippen molar-refractivity contribution in [3.63, 3.8) is 0 Å². The van der Waals surface area contributed by atoms with E-state index in [1.807, 2.05) is 30.3 Å². The summed E-state index contributed by atoms with van der Waals surface area (Å²) < 4.78 is 45.8. The maximum Gasteiger partial charge on any atom is 0.418 e. The van der Waals surface area contributed by atoms with Crippen LogP contribution in [0.4, 0.5) is 24.5 Å². The average molecular weight is 682 g/mol. The summed E-state index contributed by atoms with van der Waals surface area (Å²) in [5.41, 5.74) is 1.11. The molecule has 0 fully saturated rings. The Morgan fingerprint density at radius 3 is 2.12 bits per heavy atom. The van der Waals surface area contributed by atoms with Crippen molar-refractivity contribution >= 4 is 46.9 Å². The Hall–Kier alpha value is -5.81. The van der Waals surface area contributed by atoms with Gasteiger partial charge in [0.25, 0.3) is 11.8 Å². The normalized spacial score (nSPS) is 11.4. The summed E-state index contributed by atoms with van der Waals surface area (Å²) >= 11 is 1.08. The fraction of sp³-hybridized carbons (Fsp3) is 0.0789. The molecular weight excluding hydrogens is 651 g/mol. The highest BCUT2D eigenvalue weighted by Crippen LogP contribution is 2.34. The molecule has 5 aromatic carbocycles. The summed E-state index contributed by atoms with van der Waals surface area (Å²) in [7, 11) is 0. The van der Waals surface area contributed by atoms with Gasteiger partial charge in [0, 0.05) is 16.1 Å². The summed E-state index contributed by atoms with van der Waals surface area (Å²) in [5.74, 6) is -1.24. The van der Waals surface area contributed by atoms with Crippen molar-refractivity contribution in [3.05, 3.63) is 161 Å². The number of benzene rings is 5. The van der Waals surface area contributed by atoms with Gasteiger partial charge < -0.3 is 20.7 Å². The van der Waals surface area contributed by atoms with Crippen LogP contribution in [-0.2, 0) is 22.4 Å². The molecule has 0 unspecified atom stereocenters. The summed E-state index contributed by atoms with van der Waals surface area (Å²) in [4.78, 5) is 39.6. The molecule has 5 rings (SSSR count). The van der Waals surface area contributed by atoms with Gasteiger partial charge >= 0.3 is 6.18 Å². The van der Waals surface area contributed by atoms with Gasteiger partial charge in [-0.15, -0.1) is 11.8 Å². The summed E-state index contributed by atoms with van der Waals surface area (Å²) in [6.45, 7) is 0.394. The molecule has 0 aliphatic heterocycles. The molecule has 0 saturated heterocycles. The minimum Gasteiger partial charge on any atom is -0.489 e. The number of thioether (sulfide) groups is 1. The van der Waals surface area contributed by atoms with E-state index >= 15 is 0 Å². The van der Waals surface area contributed by atoms with Crippen LogP contribution in [0.15, 0.2) is 144 Å². The lowest BCUT2D eigenvalue weighted by molar-refractivity contribution is -0.137. The molecule has 248 valence electrons. The largest absolute Gasteiger partial charge is 0.489 e. The SMILES string of the molecule is O=C(CSc1cccc(NC(=O)/C(=C\c2ccc(OCc3ccccc3)cc2)NC(=O)c2ccccc2)c1)Nc1ccccc1C(F)(F)F. The van der Waals surface area contributed by atoms with Gasteiger partial charge in [-0.2, -0.15) is 13.2 Å². The van der Waals surface area contributed by atoms with Crippen molar-refractivity contribution in [2.24, 2.45) is 0 Å². The van der Waals surface area contributed by atoms with Crippen LogP contribution in [0.25, 0.3) is 6.08 Å². The first-order chi connectivity index (χ1) is 23.6. The summed E-state index contributed by atoms with van der Waals surface area (Å²) in [6, 6.07) is 36.6. The number of amides is 3. The lowest BCUT2D eigenvalue weighted by Gasteiger charge is -2.14. The number of anilines is 2. The lowest BCUT2D eigenvalue weighted by atomic mass is 10.1. The highest BCUT2D eigenvalue weighted by Gasteiger charge is 2.33. The third-order valence-corrected chi connectivity index (χ3v) is 7.93. The molecule has 0 heterocycles. The summed E-state index contributed by atoms with van der Waals surface area (Å²) in [5, 5.41) is 7.79. The van der Waals surface area contributed by atoms with Crippen LogP contribution in [0.2, 0.25) is 0 Å². The average Bonchev–Trinajstić information content (AvgIpc) is 3.11. The van der Waals surface area contributed by atoms with E-state index in [-0.39, 0.29) is 17.1 Å². The number of para-hydroxylation sites is 1. The molecule has 11 heteroatoms. The fourth-order valence-corrected chi connectivity index (χ4v) is 5.30. The Kier molecular flexibility index (Phi) is 11.5. The monoisotopic (exact) mass is 681 g/mol. The van der Waals surface area contributed by atoms with Crippen molar-refractivity contribution in [2.75, 3.05) is 16.4 Å². The molecule has 0 saturated carbocycles. The first-order valence-electron chi connectivity index (χ1n) is 15.0. The van der Waals surface area contributed by atoms with Crippen molar-refractivity contribution in [1.82, 2.24) is 5.32 Å². The Bertz CT molecular complexity index is 1930. The molecule has 0 bridgehead atoms. The van der Waals surface area contributed by atoms with Crippen molar-refractivity contribution in [2.45, 2.75) is 17.7 Å². The quantitative estimate of drug-likeness (QED) is 0.0908. The molecule has 5 aromatic rings. The Morgan fingerprint density at radius 1 is 0.735 bits per heavy atom. The second-order valence-corrected chi connectivity index (χ2v) is 11.6. The van der Waals surface area contributed by atoms with Crippen LogP contribution in [0.1, 0.15) is 27.0 Å². The highest BCUT2D eigenvalue weighted by atomic mass is 32.2. The molecule has 3 amide bonds.